The van der Waals surface area contributed by atoms with E-state index in [0.29, 0.717) is 28.6 Å². The Morgan fingerprint density at radius 1 is 1.06 bits per heavy atom. The molecule has 0 spiro atoms. The maximum absolute atomic E-state index is 12.4. The number of fused-ring (bicyclic) bond motifs is 2. The Labute approximate surface area is 198 Å². The number of ether oxygens (including phenoxy) is 1. The topological polar surface area (TPSA) is 97.3 Å². The summed E-state index contributed by atoms with van der Waals surface area (Å²) >= 11 is 0. The van der Waals surface area contributed by atoms with Crippen molar-refractivity contribution < 1.29 is 13.2 Å². The van der Waals surface area contributed by atoms with Crippen LogP contribution in [0.3, 0.4) is 0 Å². The summed E-state index contributed by atoms with van der Waals surface area (Å²) in [5.41, 5.74) is 4.85. The number of para-hydroxylation sites is 1. The van der Waals surface area contributed by atoms with Gasteiger partial charge in [-0.2, -0.15) is 0 Å². The van der Waals surface area contributed by atoms with Crippen molar-refractivity contribution in [2.24, 2.45) is 0 Å². The van der Waals surface area contributed by atoms with Crippen LogP contribution >= 0.6 is 0 Å². The number of nitrogens with one attached hydrogen (secondary N) is 1. The van der Waals surface area contributed by atoms with Crippen molar-refractivity contribution >= 4 is 32.4 Å². The Balaban J connectivity index is 1.60. The predicted octanol–water partition coefficient (Wildman–Crippen LogP) is 3.84. The van der Waals surface area contributed by atoms with Crippen LogP contribution in [0.2, 0.25) is 0 Å². The van der Waals surface area contributed by atoms with Crippen molar-refractivity contribution in [1.82, 2.24) is 19.9 Å². The van der Waals surface area contributed by atoms with Crippen LogP contribution in [0.25, 0.3) is 22.0 Å². The molecule has 2 aromatic heterocycles. The zero-order valence-corrected chi connectivity index (χ0v) is 20.1. The molecule has 1 aliphatic heterocycles. The number of aromatic nitrogens is 3. The number of nitrogens with zero attached hydrogens (tertiary/aromatic N) is 4. The highest BCUT2D eigenvalue weighted by atomic mass is 32.2. The Morgan fingerprint density at radius 2 is 1.85 bits per heavy atom. The van der Waals surface area contributed by atoms with Gasteiger partial charge in [-0.05, 0) is 24.7 Å². The molecule has 0 saturated heterocycles. The van der Waals surface area contributed by atoms with Gasteiger partial charge < -0.3 is 15.0 Å². The maximum Gasteiger partial charge on any atom is 0.237 e. The second-order valence-electron chi connectivity index (χ2n) is 8.47. The van der Waals surface area contributed by atoms with Crippen LogP contribution in [0.4, 0.5) is 11.6 Å². The number of anilines is 2. The molecule has 0 saturated carbocycles. The molecule has 34 heavy (non-hydrogen) atoms. The van der Waals surface area contributed by atoms with E-state index in [1.54, 1.807) is 31.5 Å². The molecule has 8 nitrogen and oxygen atoms in total. The van der Waals surface area contributed by atoms with E-state index in [9.17, 15) is 8.42 Å². The quantitative estimate of drug-likeness (QED) is 0.465. The van der Waals surface area contributed by atoms with Gasteiger partial charge in [-0.15, -0.1) is 0 Å². The first-order valence-corrected chi connectivity index (χ1v) is 12.8. The fourth-order valence-electron chi connectivity index (χ4n) is 4.31. The van der Waals surface area contributed by atoms with E-state index < -0.39 is 9.84 Å². The molecule has 2 aromatic carbocycles. The van der Waals surface area contributed by atoms with Crippen molar-refractivity contribution in [3.8, 4) is 17.0 Å². The summed E-state index contributed by atoms with van der Waals surface area (Å²) in [5, 5.41) is 4.07. The molecule has 174 valence electrons. The molecule has 0 unspecified atom stereocenters. The van der Waals surface area contributed by atoms with Crippen molar-refractivity contribution in [3.63, 3.8) is 0 Å². The van der Waals surface area contributed by atoms with Gasteiger partial charge in [0.05, 0.1) is 23.2 Å². The van der Waals surface area contributed by atoms with Crippen LogP contribution in [-0.2, 0) is 22.8 Å². The van der Waals surface area contributed by atoms with Crippen molar-refractivity contribution in [1.29, 1.82) is 0 Å². The summed E-state index contributed by atoms with van der Waals surface area (Å²) < 4.78 is 30.4. The maximum atomic E-state index is 12.4. The molecular formula is C25H25N5O3S. The van der Waals surface area contributed by atoms with Crippen LogP contribution in [0.15, 0.2) is 59.6 Å². The minimum absolute atomic E-state index is 0.264. The second kappa shape index (κ2) is 8.66. The molecule has 4 aromatic rings. The molecule has 5 rings (SSSR count). The van der Waals surface area contributed by atoms with E-state index in [-0.39, 0.29) is 4.90 Å². The van der Waals surface area contributed by atoms with Crippen molar-refractivity contribution in [3.05, 3.63) is 66.0 Å². The third-order valence-corrected chi connectivity index (χ3v) is 7.11. The highest BCUT2D eigenvalue weighted by molar-refractivity contribution is 7.90. The standard InChI is InChI=1S/C25H25N5O3S/c1-30-12-11-20-17(15-30)13-21(24(27-20)33-2)28-25-26-14-16-7-6-9-19(23(16)29-25)18-8-4-5-10-22(18)34(3,31)32/h4-10,13-14H,11-12,15H2,1-3H3,(H,26,28,29). The summed E-state index contributed by atoms with van der Waals surface area (Å²) in [4.78, 5) is 16.4. The molecule has 0 aliphatic carbocycles. The summed E-state index contributed by atoms with van der Waals surface area (Å²) in [6, 6.07) is 14.7. The predicted molar refractivity (Wildman–Crippen MR) is 132 cm³/mol. The number of rotatable bonds is 5. The number of pyridine rings is 1. The zero-order valence-electron chi connectivity index (χ0n) is 19.2. The van der Waals surface area contributed by atoms with Crippen LogP contribution < -0.4 is 10.1 Å². The van der Waals surface area contributed by atoms with Crippen LogP contribution in [0, 0.1) is 0 Å². The first-order chi connectivity index (χ1) is 16.3. The van der Waals surface area contributed by atoms with Gasteiger partial charge in [0.25, 0.3) is 0 Å². The van der Waals surface area contributed by atoms with Gasteiger partial charge in [-0.1, -0.05) is 36.4 Å². The minimum Gasteiger partial charge on any atom is -0.480 e. The fourth-order valence-corrected chi connectivity index (χ4v) is 5.21. The zero-order chi connectivity index (χ0) is 23.9. The molecule has 1 N–H and O–H groups in total. The average molecular weight is 476 g/mol. The highest BCUT2D eigenvalue weighted by Gasteiger charge is 2.20. The van der Waals surface area contributed by atoms with E-state index in [2.05, 4.69) is 22.2 Å². The van der Waals surface area contributed by atoms with E-state index in [0.717, 1.165) is 41.7 Å². The molecule has 0 radical (unpaired) electrons. The van der Waals surface area contributed by atoms with Gasteiger partial charge in [0.2, 0.25) is 11.8 Å². The van der Waals surface area contributed by atoms with Gasteiger partial charge >= 0.3 is 0 Å². The summed E-state index contributed by atoms with van der Waals surface area (Å²) in [5.74, 6) is 0.865. The molecule has 1 aliphatic rings. The summed E-state index contributed by atoms with van der Waals surface area (Å²) in [6.07, 6.45) is 3.81. The number of sulfone groups is 1. The van der Waals surface area contributed by atoms with Gasteiger partial charge in [-0.3, -0.25) is 0 Å². The third-order valence-electron chi connectivity index (χ3n) is 5.95. The Bertz CT molecular complexity index is 1500. The van der Waals surface area contributed by atoms with Gasteiger partial charge in [0.1, 0.15) is 5.69 Å². The van der Waals surface area contributed by atoms with Gasteiger partial charge in [-0.25, -0.2) is 23.4 Å². The Morgan fingerprint density at radius 3 is 2.65 bits per heavy atom. The van der Waals surface area contributed by atoms with Crippen molar-refractivity contribution in [2.45, 2.75) is 17.9 Å². The third kappa shape index (κ3) is 4.20. The fraction of sp³-hybridized carbons (Fsp3) is 0.240. The number of benzene rings is 2. The number of hydrogen-bond acceptors (Lipinski definition) is 8. The first kappa shape index (κ1) is 22.2. The van der Waals surface area contributed by atoms with Gasteiger partial charge in [0.15, 0.2) is 9.84 Å². The number of hydrogen-bond donors (Lipinski definition) is 1. The lowest BCUT2D eigenvalue weighted by molar-refractivity contribution is 0.307. The summed E-state index contributed by atoms with van der Waals surface area (Å²) in [6.45, 7) is 1.77. The highest BCUT2D eigenvalue weighted by Crippen LogP contribution is 2.34. The van der Waals surface area contributed by atoms with E-state index in [1.807, 2.05) is 30.3 Å². The average Bonchev–Trinajstić information content (AvgIpc) is 2.82. The lowest BCUT2D eigenvalue weighted by Crippen LogP contribution is -2.27. The lowest BCUT2D eigenvalue weighted by atomic mass is 10.0. The molecule has 3 heterocycles. The molecule has 9 heteroatoms. The summed E-state index contributed by atoms with van der Waals surface area (Å²) in [7, 11) is 0.260. The first-order valence-electron chi connectivity index (χ1n) is 10.9. The Kier molecular flexibility index (Phi) is 5.66. The normalized spacial score (nSPS) is 14.1. The van der Waals surface area contributed by atoms with Crippen molar-refractivity contribution in [2.75, 3.05) is 32.3 Å². The second-order valence-corrected chi connectivity index (χ2v) is 10.5. The van der Waals surface area contributed by atoms with Gasteiger partial charge in [0, 0.05) is 48.5 Å². The molecule has 0 atom stereocenters. The SMILES string of the molecule is COc1nc2c(cc1Nc1ncc3cccc(-c4ccccc4S(C)(=O)=O)c3n1)CN(C)CC2. The van der Waals surface area contributed by atoms with E-state index >= 15 is 0 Å². The minimum atomic E-state index is -3.42. The van der Waals surface area contributed by atoms with Crippen LogP contribution in [0.1, 0.15) is 11.3 Å². The monoisotopic (exact) mass is 475 g/mol. The van der Waals surface area contributed by atoms with E-state index in [4.69, 9.17) is 14.7 Å². The van der Waals surface area contributed by atoms with Crippen LogP contribution in [-0.4, -0.2) is 55.2 Å². The molecule has 0 amide bonds. The Hall–Kier alpha value is -3.56. The van der Waals surface area contributed by atoms with Crippen LogP contribution in [0.5, 0.6) is 5.88 Å². The lowest BCUT2D eigenvalue weighted by Gasteiger charge is -2.25. The molecule has 0 bridgehead atoms. The molecular weight excluding hydrogens is 450 g/mol. The molecule has 0 fully saturated rings. The largest absolute Gasteiger partial charge is 0.480 e. The smallest absolute Gasteiger partial charge is 0.237 e. The van der Waals surface area contributed by atoms with E-state index in [1.165, 1.54) is 6.26 Å². The number of methoxy groups -OCH3 is 1. The number of likely N-dealkylation sites (N-methyl/N-ethyl adjacent to an activating group) is 1.